The van der Waals surface area contributed by atoms with Crippen LogP contribution >= 0.6 is 0 Å². The van der Waals surface area contributed by atoms with Crippen LogP contribution in [0.3, 0.4) is 0 Å². The highest BCUT2D eigenvalue weighted by atomic mass is 19.4. The molecule has 1 saturated carbocycles. The number of halogens is 6. The van der Waals surface area contributed by atoms with Gasteiger partial charge in [0.05, 0.1) is 0 Å². The summed E-state index contributed by atoms with van der Waals surface area (Å²) in [6.07, 6.45) is 0. The zero-order valence-electron chi connectivity index (χ0n) is 9.42. The summed E-state index contributed by atoms with van der Waals surface area (Å²) in [5, 5.41) is 9.46. The van der Waals surface area contributed by atoms with Gasteiger partial charge < -0.3 is 5.11 Å². The Hall–Kier alpha value is -0.720. The van der Waals surface area contributed by atoms with Crippen LogP contribution in [0.1, 0.15) is 20.8 Å². The molecule has 0 aromatic rings. The molecule has 0 spiro atoms. The van der Waals surface area contributed by atoms with Gasteiger partial charge in [-0.15, -0.1) is 0 Å². The van der Waals surface area contributed by atoms with Gasteiger partial charge >= 0.3 is 17.8 Å². The molecule has 17 heavy (non-hydrogen) atoms. The molecular weight excluding hydrogens is 250 g/mol. The second-order valence-electron chi connectivity index (χ2n) is 4.84. The van der Waals surface area contributed by atoms with Gasteiger partial charge in [0.2, 0.25) is 5.60 Å². The highest BCUT2D eigenvalue weighted by molar-refractivity contribution is 5.35. The van der Waals surface area contributed by atoms with E-state index >= 15 is 0 Å². The molecule has 0 saturated heterocycles. The van der Waals surface area contributed by atoms with E-state index in [1.807, 2.05) is 0 Å². The molecule has 0 aliphatic heterocycles. The lowest BCUT2D eigenvalue weighted by atomic mass is 9.53. The highest BCUT2D eigenvalue weighted by Gasteiger charge is 3.00. The van der Waals surface area contributed by atoms with E-state index in [4.69, 9.17) is 0 Å². The SMILES string of the molecule is C=C(C)C(C)(C)C1(O)C(F)(F)C(F)(F)C1(F)F. The van der Waals surface area contributed by atoms with E-state index < -0.39 is 28.8 Å². The Labute approximate surface area is 94.1 Å². The first-order chi connectivity index (χ1) is 7.19. The highest BCUT2D eigenvalue weighted by Crippen LogP contribution is 2.72. The Morgan fingerprint density at radius 3 is 1.47 bits per heavy atom. The second kappa shape index (κ2) is 2.99. The average molecular weight is 262 g/mol. The molecular formula is C10H12F6O. The Bertz CT molecular complexity index is 353. The molecule has 1 nitrogen and oxygen atoms in total. The number of rotatable bonds is 2. The third kappa shape index (κ3) is 1.07. The van der Waals surface area contributed by atoms with E-state index in [0.29, 0.717) is 0 Å². The molecule has 100 valence electrons. The molecule has 0 aromatic carbocycles. The molecule has 0 amide bonds. The molecule has 1 aliphatic carbocycles. The van der Waals surface area contributed by atoms with Crippen LogP contribution in [0.5, 0.6) is 0 Å². The van der Waals surface area contributed by atoms with Gasteiger partial charge in [-0.1, -0.05) is 26.0 Å². The average Bonchev–Trinajstić information content (AvgIpc) is 2.14. The van der Waals surface area contributed by atoms with Crippen LogP contribution in [0, 0.1) is 5.41 Å². The molecule has 0 radical (unpaired) electrons. The fourth-order valence-electron chi connectivity index (χ4n) is 1.88. The second-order valence-corrected chi connectivity index (χ2v) is 4.84. The Balaban J connectivity index is 3.46. The van der Waals surface area contributed by atoms with Gasteiger partial charge in [0.1, 0.15) is 0 Å². The van der Waals surface area contributed by atoms with Crippen LogP contribution in [0.15, 0.2) is 12.2 Å². The number of alkyl halides is 6. The maximum Gasteiger partial charge on any atom is 0.378 e. The quantitative estimate of drug-likeness (QED) is 0.598. The number of hydrogen-bond acceptors (Lipinski definition) is 1. The summed E-state index contributed by atoms with van der Waals surface area (Å²) in [5.41, 5.74) is -6.65. The number of hydrogen-bond donors (Lipinski definition) is 1. The summed E-state index contributed by atoms with van der Waals surface area (Å²) < 4.78 is 78.2. The molecule has 0 unspecified atom stereocenters. The van der Waals surface area contributed by atoms with Crippen molar-refractivity contribution in [3.8, 4) is 0 Å². The lowest BCUT2D eigenvalue weighted by Crippen LogP contribution is -2.90. The summed E-state index contributed by atoms with van der Waals surface area (Å²) >= 11 is 0. The third-order valence-corrected chi connectivity index (χ3v) is 3.67. The van der Waals surface area contributed by atoms with Crippen molar-refractivity contribution in [2.24, 2.45) is 5.41 Å². The molecule has 1 fully saturated rings. The lowest BCUT2D eigenvalue weighted by molar-refractivity contribution is -0.508. The monoisotopic (exact) mass is 262 g/mol. The first-order valence-electron chi connectivity index (χ1n) is 4.71. The molecule has 1 aliphatic rings. The van der Waals surface area contributed by atoms with Gasteiger partial charge in [0, 0.05) is 5.41 Å². The summed E-state index contributed by atoms with van der Waals surface area (Å²) in [6, 6.07) is 0. The van der Waals surface area contributed by atoms with Crippen molar-refractivity contribution < 1.29 is 31.4 Å². The first kappa shape index (κ1) is 14.3. The van der Waals surface area contributed by atoms with Crippen LogP contribution in [-0.2, 0) is 0 Å². The maximum absolute atomic E-state index is 13.2. The minimum absolute atomic E-state index is 0.241. The fraction of sp³-hybridized carbons (Fsp3) is 0.800. The fourth-order valence-corrected chi connectivity index (χ4v) is 1.88. The van der Waals surface area contributed by atoms with Gasteiger partial charge in [0.25, 0.3) is 0 Å². The standard InChI is InChI=1S/C10H12F6O/c1-5(2)6(3,4)7(17)8(11,12)10(15,16)9(7,13)14/h17H,1H2,2-4H3. The predicted octanol–water partition coefficient (Wildman–Crippen LogP) is 3.24. The summed E-state index contributed by atoms with van der Waals surface area (Å²) in [5.74, 6) is -16.0. The lowest BCUT2D eigenvalue weighted by Gasteiger charge is -2.61. The molecule has 7 heteroatoms. The smallest absolute Gasteiger partial charge is 0.377 e. The van der Waals surface area contributed by atoms with Gasteiger partial charge in [0.15, 0.2) is 0 Å². The van der Waals surface area contributed by atoms with Crippen LogP contribution < -0.4 is 0 Å². The van der Waals surface area contributed by atoms with Crippen molar-refractivity contribution in [3.05, 3.63) is 12.2 Å². The Morgan fingerprint density at radius 1 is 0.941 bits per heavy atom. The zero-order valence-corrected chi connectivity index (χ0v) is 9.42. The van der Waals surface area contributed by atoms with E-state index in [9.17, 15) is 31.4 Å². The van der Waals surface area contributed by atoms with E-state index in [0.717, 1.165) is 20.8 Å². The first-order valence-corrected chi connectivity index (χ1v) is 4.71. The van der Waals surface area contributed by atoms with E-state index in [2.05, 4.69) is 6.58 Å². The molecule has 0 atom stereocenters. The van der Waals surface area contributed by atoms with E-state index in [1.165, 1.54) is 0 Å². The summed E-state index contributed by atoms with van der Waals surface area (Å²) in [4.78, 5) is 0. The van der Waals surface area contributed by atoms with Crippen LogP contribution in [0.2, 0.25) is 0 Å². The third-order valence-electron chi connectivity index (χ3n) is 3.67. The predicted molar refractivity (Wildman–Crippen MR) is 48.4 cm³/mol. The van der Waals surface area contributed by atoms with Crippen molar-refractivity contribution in [1.82, 2.24) is 0 Å². The van der Waals surface area contributed by atoms with Crippen LogP contribution in [0.4, 0.5) is 26.3 Å². The molecule has 0 heterocycles. The van der Waals surface area contributed by atoms with Crippen molar-refractivity contribution in [2.75, 3.05) is 0 Å². The van der Waals surface area contributed by atoms with Gasteiger partial charge in [-0.25, -0.2) is 0 Å². The Morgan fingerprint density at radius 2 is 1.24 bits per heavy atom. The topological polar surface area (TPSA) is 20.2 Å². The molecule has 0 bridgehead atoms. The van der Waals surface area contributed by atoms with Crippen molar-refractivity contribution in [3.63, 3.8) is 0 Å². The summed E-state index contributed by atoms with van der Waals surface area (Å²) in [6.45, 7) is 5.95. The van der Waals surface area contributed by atoms with Crippen molar-refractivity contribution >= 4 is 0 Å². The largest absolute Gasteiger partial charge is 0.378 e. The molecule has 1 N–H and O–H groups in total. The minimum atomic E-state index is -5.57. The van der Waals surface area contributed by atoms with E-state index in [1.54, 1.807) is 0 Å². The maximum atomic E-state index is 13.2. The van der Waals surface area contributed by atoms with Crippen molar-refractivity contribution in [2.45, 2.75) is 44.1 Å². The van der Waals surface area contributed by atoms with Gasteiger partial charge in [-0.3, -0.25) is 0 Å². The normalized spacial score (nSPS) is 28.4. The van der Waals surface area contributed by atoms with Crippen LogP contribution in [0.25, 0.3) is 0 Å². The van der Waals surface area contributed by atoms with Crippen molar-refractivity contribution in [1.29, 1.82) is 0 Å². The number of aliphatic hydroxyl groups is 1. The van der Waals surface area contributed by atoms with Crippen LogP contribution in [-0.4, -0.2) is 28.5 Å². The Kier molecular flexibility index (Phi) is 2.52. The summed E-state index contributed by atoms with van der Waals surface area (Å²) in [7, 11) is 0. The van der Waals surface area contributed by atoms with E-state index in [-0.39, 0.29) is 5.57 Å². The zero-order chi connectivity index (χ0) is 14.1. The molecule has 1 rings (SSSR count). The molecule has 0 aromatic heterocycles. The van der Waals surface area contributed by atoms with Gasteiger partial charge in [-0.2, -0.15) is 26.3 Å². The van der Waals surface area contributed by atoms with Gasteiger partial charge in [-0.05, 0) is 6.92 Å². The minimum Gasteiger partial charge on any atom is -0.377 e.